The average molecular weight is 261 g/mol. The van der Waals surface area contributed by atoms with Crippen molar-refractivity contribution in [2.24, 2.45) is 0 Å². The van der Waals surface area contributed by atoms with Gasteiger partial charge in [-0.1, -0.05) is 38.1 Å². The summed E-state index contributed by atoms with van der Waals surface area (Å²) >= 11 is 0. The minimum atomic E-state index is 0.147. The fraction of sp³-hybridized carbons (Fsp3) is 0.562. The van der Waals surface area contributed by atoms with Crippen LogP contribution in [-0.4, -0.2) is 31.6 Å². The molecule has 0 bridgehead atoms. The first-order valence-corrected chi connectivity index (χ1v) is 7.12. The highest BCUT2D eigenvalue weighted by Gasteiger charge is 2.15. The lowest BCUT2D eigenvalue weighted by Gasteiger charge is -2.10. The maximum absolute atomic E-state index is 12.0. The van der Waals surface area contributed by atoms with Crippen molar-refractivity contribution in [1.82, 2.24) is 5.32 Å². The van der Waals surface area contributed by atoms with Crippen LogP contribution in [0.3, 0.4) is 0 Å². The number of hydrogen-bond acceptors (Lipinski definition) is 3. The highest BCUT2D eigenvalue weighted by Crippen LogP contribution is 2.15. The zero-order valence-corrected chi connectivity index (χ0v) is 11.8. The van der Waals surface area contributed by atoms with Crippen LogP contribution in [0.4, 0.5) is 0 Å². The monoisotopic (exact) mass is 261 g/mol. The van der Waals surface area contributed by atoms with Crippen molar-refractivity contribution < 1.29 is 9.53 Å². The molecule has 1 atom stereocenters. The molecular formula is C16H23NO2. The van der Waals surface area contributed by atoms with Crippen LogP contribution in [0.15, 0.2) is 24.3 Å². The van der Waals surface area contributed by atoms with E-state index in [1.54, 1.807) is 0 Å². The second-order valence-corrected chi connectivity index (χ2v) is 5.47. The summed E-state index contributed by atoms with van der Waals surface area (Å²) in [6.45, 7) is 6.33. The molecule has 1 aliphatic heterocycles. The Balaban J connectivity index is 1.78. The molecule has 1 saturated heterocycles. The molecule has 0 aromatic heterocycles. The maximum atomic E-state index is 12.0. The predicted octanol–water partition coefficient (Wildman–Crippen LogP) is 2.76. The first kappa shape index (κ1) is 14.2. The fourth-order valence-electron chi connectivity index (χ4n) is 2.31. The number of ether oxygens (including phenoxy) is 1. The van der Waals surface area contributed by atoms with E-state index in [2.05, 4.69) is 19.2 Å². The van der Waals surface area contributed by atoms with Gasteiger partial charge in [0.25, 0.3) is 0 Å². The van der Waals surface area contributed by atoms with Crippen molar-refractivity contribution in [2.75, 3.05) is 19.7 Å². The van der Waals surface area contributed by atoms with Crippen molar-refractivity contribution >= 4 is 5.78 Å². The minimum Gasteiger partial charge on any atom is -0.377 e. The van der Waals surface area contributed by atoms with Crippen molar-refractivity contribution in [3.05, 3.63) is 35.4 Å². The molecule has 0 spiro atoms. The van der Waals surface area contributed by atoms with Gasteiger partial charge in [-0.3, -0.25) is 4.79 Å². The molecule has 1 aliphatic rings. The molecule has 1 aromatic carbocycles. The van der Waals surface area contributed by atoms with E-state index < -0.39 is 0 Å². The van der Waals surface area contributed by atoms with Gasteiger partial charge in [0.15, 0.2) is 5.78 Å². The van der Waals surface area contributed by atoms with Crippen LogP contribution < -0.4 is 5.32 Å². The van der Waals surface area contributed by atoms with Gasteiger partial charge in [0.05, 0.1) is 12.6 Å². The zero-order chi connectivity index (χ0) is 13.7. The van der Waals surface area contributed by atoms with E-state index >= 15 is 0 Å². The number of benzene rings is 1. The number of hydrogen-bond donors (Lipinski definition) is 1. The van der Waals surface area contributed by atoms with Crippen molar-refractivity contribution in [1.29, 1.82) is 0 Å². The Hall–Kier alpha value is -1.19. The van der Waals surface area contributed by atoms with Gasteiger partial charge in [-0.25, -0.2) is 0 Å². The summed E-state index contributed by atoms with van der Waals surface area (Å²) in [4.78, 5) is 12.0. The maximum Gasteiger partial charge on any atom is 0.176 e. The third-order valence-electron chi connectivity index (χ3n) is 3.58. The fourth-order valence-corrected chi connectivity index (χ4v) is 2.31. The van der Waals surface area contributed by atoms with Gasteiger partial charge in [-0.05, 0) is 24.3 Å². The van der Waals surface area contributed by atoms with E-state index in [1.807, 2.05) is 24.3 Å². The number of carbonyl (C=O) groups is 1. The number of ketones is 1. The van der Waals surface area contributed by atoms with Gasteiger partial charge in [0, 0.05) is 18.7 Å². The van der Waals surface area contributed by atoms with Crippen LogP contribution in [0.2, 0.25) is 0 Å². The Labute approximate surface area is 115 Å². The van der Waals surface area contributed by atoms with E-state index in [4.69, 9.17) is 4.74 Å². The van der Waals surface area contributed by atoms with Gasteiger partial charge in [0.1, 0.15) is 0 Å². The molecule has 3 heteroatoms. The molecule has 0 amide bonds. The molecule has 1 N–H and O–H groups in total. The zero-order valence-electron chi connectivity index (χ0n) is 11.8. The Morgan fingerprint density at radius 2 is 2.11 bits per heavy atom. The van der Waals surface area contributed by atoms with Crippen molar-refractivity contribution in [2.45, 2.75) is 38.7 Å². The Bertz CT molecular complexity index is 405. The van der Waals surface area contributed by atoms with E-state index in [9.17, 15) is 4.79 Å². The number of nitrogens with one attached hydrogen (secondary N) is 1. The molecule has 1 aromatic rings. The summed E-state index contributed by atoms with van der Waals surface area (Å²) in [5.41, 5.74) is 2.05. The first-order valence-electron chi connectivity index (χ1n) is 7.12. The van der Waals surface area contributed by atoms with Crippen LogP contribution in [0.5, 0.6) is 0 Å². The van der Waals surface area contributed by atoms with E-state index in [1.165, 1.54) is 5.56 Å². The Morgan fingerprint density at radius 3 is 2.68 bits per heavy atom. The number of carbonyl (C=O) groups excluding carboxylic acids is 1. The minimum absolute atomic E-state index is 0.147. The lowest BCUT2D eigenvalue weighted by atomic mass is 10.0. The third kappa shape index (κ3) is 4.15. The smallest absolute Gasteiger partial charge is 0.176 e. The summed E-state index contributed by atoms with van der Waals surface area (Å²) in [6, 6.07) is 7.92. The largest absolute Gasteiger partial charge is 0.377 e. The van der Waals surface area contributed by atoms with Crippen LogP contribution >= 0.6 is 0 Å². The molecule has 2 rings (SSSR count). The average Bonchev–Trinajstić information content (AvgIpc) is 2.92. The predicted molar refractivity (Wildman–Crippen MR) is 76.7 cm³/mol. The summed E-state index contributed by atoms with van der Waals surface area (Å²) in [7, 11) is 0. The van der Waals surface area contributed by atoms with Gasteiger partial charge in [-0.15, -0.1) is 0 Å². The number of rotatable bonds is 6. The molecule has 0 radical (unpaired) electrons. The molecule has 104 valence electrons. The molecule has 1 unspecified atom stereocenters. The van der Waals surface area contributed by atoms with Crippen molar-refractivity contribution in [3.63, 3.8) is 0 Å². The Morgan fingerprint density at radius 1 is 1.37 bits per heavy atom. The van der Waals surface area contributed by atoms with E-state index in [-0.39, 0.29) is 11.9 Å². The lowest BCUT2D eigenvalue weighted by Crippen LogP contribution is -2.30. The first-order chi connectivity index (χ1) is 9.16. The quantitative estimate of drug-likeness (QED) is 0.800. The van der Waals surface area contributed by atoms with Gasteiger partial charge in [-0.2, -0.15) is 0 Å². The molecule has 1 heterocycles. The number of Topliss-reactive ketones (excluding diaryl/α,β-unsaturated/α-hetero) is 1. The normalized spacial score (nSPS) is 19.0. The van der Waals surface area contributed by atoms with Crippen molar-refractivity contribution in [3.8, 4) is 0 Å². The third-order valence-corrected chi connectivity index (χ3v) is 3.58. The molecule has 0 saturated carbocycles. The topological polar surface area (TPSA) is 38.3 Å². The van der Waals surface area contributed by atoms with Crippen LogP contribution in [-0.2, 0) is 4.74 Å². The second-order valence-electron chi connectivity index (χ2n) is 5.47. The summed E-state index contributed by atoms with van der Waals surface area (Å²) in [5.74, 6) is 0.648. The van der Waals surface area contributed by atoms with Crippen LogP contribution in [0, 0.1) is 0 Å². The van der Waals surface area contributed by atoms with Gasteiger partial charge in [0.2, 0.25) is 0 Å². The molecule has 1 fully saturated rings. The highest BCUT2D eigenvalue weighted by molar-refractivity contribution is 5.97. The summed E-state index contributed by atoms with van der Waals surface area (Å²) < 4.78 is 5.51. The molecule has 19 heavy (non-hydrogen) atoms. The highest BCUT2D eigenvalue weighted by atomic mass is 16.5. The summed E-state index contributed by atoms with van der Waals surface area (Å²) in [5, 5.41) is 3.19. The van der Waals surface area contributed by atoms with E-state index in [0.29, 0.717) is 12.5 Å². The standard InChI is InChI=1S/C16H23NO2/c1-12(2)13-5-7-14(8-6-13)16(18)11-17-10-15-4-3-9-19-15/h5-8,12,15,17H,3-4,9-11H2,1-2H3. The molecule has 3 nitrogen and oxygen atoms in total. The van der Waals surface area contributed by atoms with E-state index in [0.717, 1.165) is 31.6 Å². The summed E-state index contributed by atoms with van der Waals surface area (Å²) in [6.07, 6.45) is 2.53. The van der Waals surface area contributed by atoms with Crippen LogP contribution in [0.1, 0.15) is 48.5 Å². The Kier molecular flexibility index (Phi) is 5.11. The van der Waals surface area contributed by atoms with Crippen LogP contribution in [0.25, 0.3) is 0 Å². The molecular weight excluding hydrogens is 238 g/mol. The SMILES string of the molecule is CC(C)c1ccc(C(=O)CNCC2CCCO2)cc1. The van der Waals surface area contributed by atoms with Gasteiger partial charge < -0.3 is 10.1 Å². The molecule has 0 aliphatic carbocycles. The lowest BCUT2D eigenvalue weighted by molar-refractivity contribution is 0.0955. The second kappa shape index (κ2) is 6.83. The van der Waals surface area contributed by atoms with Gasteiger partial charge >= 0.3 is 0 Å².